The predicted molar refractivity (Wildman–Crippen MR) is 83.3 cm³/mol. The second-order valence-electron chi connectivity index (χ2n) is 5.41. The first-order valence-corrected chi connectivity index (χ1v) is 7.68. The van der Waals surface area contributed by atoms with Crippen LogP contribution in [0.3, 0.4) is 0 Å². The molecule has 1 N–H and O–H groups in total. The van der Waals surface area contributed by atoms with Crippen molar-refractivity contribution in [3.63, 3.8) is 0 Å². The van der Waals surface area contributed by atoms with Crippen LogP contribution in [0.5, 0.6) is 0 Å². The fourth-order valence-electron chi connectivity index (χ4n) is 2.78. The van der Waals surface area contributed by atoms with Gasteiger partial charge in [-0.05, 0) is 29.7 Å². The first-order valence-electron chi connectivity index (χ1n) is 7.31. The van der Waals surface area contributed by atoms with E-state index in [2.05, 4.69) is 35.5 Å². The number of aryl methyl sites for hydroxylation is 1. The molecule has 4 nitrogen and oxygen atoms in total. The first kappa shape index (κ1) is 14.6. The van der Waals surface area contributed by atoms with Gasteiger partial charge in [-0.2, -0.15) is 5.10 Å². The van der Waals surface area contributed by atoms with Crippen LogP contribution in [-0.2, 0) is 25.0 Å². The Kier molecular flexibility index (Phi) is 4.29. The number of nitrogens with one attached hydrogen (secondary N) is 1. The maximum Gasteiger partial charge on any atom is 0.0837 e. The van der Waals surface area contributed by atoms with E-state index in [-0.39, 0.29) is 6.04 Å². The highest BCUT2D eigenvalue weighted by molar-refractivity contribution is 6.31. The zero-order valence-corrected chi connectivity index (χ0v) is 13.2. The maximum atomic E-state index is 6.34. The summed E-state index contributed by atoms with van der Waals surface area (Å²) in [4.78, 5) is 0. The summed E-state index contributed by atoms with van der Waals surface area (Å²) in [6.07, 6.45) is 2.77. The van der Waals surface area contributed by atoms with Gasteiger partial charge in [0.05, 0.1) is 36.2 Å². The molecule has 1 aliphatic heterocycles. The zero-order valence-electron chi connectivity index (χ0n) is 12.4. The minimum atomic E-state index is 0.0517. The van der Waals surface area contributed by atoms with E-state index in [1.54, 1.807) is 6.20 Å². The van der Waals surface area contributed by atoms with Gasteiger partial charge >= 0.3 is 0 Å². The van der Waals surface area contributed by atoms with Gasteiger partial charge in [-0.15, -0.1) is 0 Å². The molecule has 1 aliphatic rings. The number of rotatable bonds is 5. The molecule has 0 saturated heterocycles. The van der Waals surface area contributed by atoms with Gasteiger partial charge < -0.3 is 10.1 Å². The third-order valence-corrected chi connectivity index (χ3v) is 4.18. The van der Waals surface area contributed by atoms with Gasteiger partial charge in [-0.1, -0.05) is 36.7 Å². The van der Waals surface area contributed by atoms with Gasteiger partial charge in [-0.25, -0.2) is 0 Å². The molecule has 0 saturated carbocycles. The summed E-state index contributed by atoms with van der Waals surface area (Å²) in [7, 11) is 1.93. The molecule has 2 aromatic rings. The number of aromatic nitrogens is 2. The van der Waals surface area contributed by atoms with Crippen molar-refractivity contribution in [1.29, 1.82) is 0 Å². The van der Waals surface area contributed by atoms with Gasteiger partial charge in [0.2, 0.25) is 0 Å². The van der Waals surface area contributed by atoms with E-state index in [1.165, 1.54) is 16.7 Å². The van der Waals surface area contributed by atoms with Crippen molar-refractivity contribution < 1.29 is 4.74 Å². The Bertz CT molecular complexity index is 619. The molecule has 112 valence electrons. The number of fused-ring (bicyclic) bond motifs is 1. The van der Waals surface area contributed by atoms with Crippen LogP contribution in [-0.4, -0.2) is 16.3 Å². The molecule has 1 aromatic heterocycles. The molecule has 3 rings (SSSR count). The van der Waals surface area contributed by atoms with Crippen molar-refractivity contribution in [3.05, 3.63) is 51.8 Å². The predicted octanol–water partition coefficient (Wildman–Crippen LogP) is 3.19. The van der Waals surface area contributed by atoms with Crippen LogP contribution in [0.4, 0.5) is 0 Å². The van der Waals surface area contributed by atoms with Crippen LogP contribution in [0.1, 0.15) is 41.8 Å². The number of nitrogens with zero attached hydrogens (tertiary/aromatic N) is 2. The minimum absolute atomic E-state index is 0.0517. The molecule has 21 heavy (non-hydrogen) atoms. The van der Waals surface area contributed by atoms with Crippen LogP contribution in [0.2, 0.25) is 5.02 Å². The van der Waals surface area contributed by atoms with E-state index in [1.807, 2.05) is 11.7 Å². The van der Waals surface area contributed by atoms with Crippen LogP contribution >= 0.6 is 11.6 Å². The first-order chi connectivity index (χ1) is 10.2. The second kappa shape index (κ2) is 6.18. The zero-order chi connectivity index (χ0) is 14.8. The average Bonchev–Trinajstić information content (AvgIpc) is 3.07. The van der Waals surface area contributed by atoms with E-state index in [0.717, 1.165) is 25.3 Å². The smallest absolute Gasteiger partial charge is 0.0837 e. The Balaban J connectivity index is 1.99. The summed E-state index contributed by atoms with van der Waals surface area (Å²) in [6.45, 7) is 4.50. The lowest BCUT2D eigenvalue weighted by Crippen LogP contribution is -2.25. The monoisotopic (exact) mass is 305 g/mol. The molecule has 2 heterocycles. The molecular weight excluding hydrogens is 286 g/mol. The van der Waals surface area contributed by atoms with E-state index in [9.17, 15) is 0 Å². The van der Waals surface area contributed by atoms with Crippen molar-refractivity contribution in [2.24, 2.45) is 7.05 Å². The average molecular weight is 306 g/mol. The van der Waals surface area contributed by atoms with Crippen molar-refractivity contribution in [2.75, 3.05) is 6.54 Å². The molecule has 1 atom stereocenters. The number of hydrogen-bond donors (Lipinski definition) is 1. The molecule has 5 heteroatoms. The molecule has 0 bridgehead atoms. The minimum Gasteiger partial charge on any atom is -0.372 e. The molecule has 0 fully saturated rings. The van der Waals surface area contributed by atoms with Gasteiger partial charge in [0, 0.05) is 7.05 Å². The molecule has 0 amide bonds. The molecule has 0 spiro atoms. The van der Waals surface area contributed by atoms with E-state index < -0.39 is 0 Å². The normalized spacial score (nSPS) is 15.2. The van der Waals surface area contributed by atoms with E-state index in [0.29, 0.717) is 11.6 Å². The van der Waals surface area contributed by atoms with Gasteiger partial charge in [0.1, 0.15) is 0 Å². The summed E-state index contributed by atoms with van der Waals surface area (Å²) < 4.78 is 7.35. The highest BCUT2D eigenvalue weighted by Gasteiger charge is 2.22. The van der Waals surface area contributed by atoms with E-state index in [4.69, 9.17) is 16.3 Å². The van der Waals surface area contributed by atoms with Gasteiger partial charge in [-0.3, -0.25) is 4.68 Å². The summed E-state index contributed by atoms with van der Waals surface area (Å²) >= 11 is 6.34. The standard InChI is InChI=1S/C16H20ClN3O/c1-3-6-18-15(16-14(17)8-19-20(16)2)11-4-5-12-9-21-10-13(12)7-11/h4-5,7-8,15,18H,3,6,9-10H2,1-2H3. The van der Waals surface area contributed by atoms with Gasteiger partial charge in [0.15, 0.2) is 0 Å². The van der Waals surface area contributed by atoms with Crippen LogP contribution in [0.25, 0.3) is 0 Å². The quantitative estimate of drug-likeness (QED) is 0.922. The Morgan fingerprint density at radius 2 is 2.19 bits per heavy atom. The van der Waals surface area contributed by atoms with Crippen molar-refractivity contribution >= 4 is 11.6 Å². The number of benzene rings is 1. The lowest BCUT2D eigenvalue weighted by atomic mass is 9.98. The lowest BCUT2D eigenvalue weighted by Gasteiger charge is -2.20. The molecule has 0 radical (unpaired) electrons. The number of halogens is 1. The maximum absolute atomic E-state index is 6.34. The highest BCUT2D eigenvalue weighted by Crippen LogP contribution is 2.30. The van der Waals surface area contributed by atoms with Crippen molar-refractivity contribution in [2.45, 2.75) is 32.6 Å². The summed E-state index contributed by atoms with van der Waals surface area (Å²) in [5.74, 6) is 0. The molecular formula is C16H20ClN3O. The highest BCUT2D eigenvalue weighted by atomic mass is 35.5. The van der Waals surface area contributed by atoms with Crippen LogP contribution in [0, 0.1) is 0 Å². The summed E-state index contributed by atoms with van der Waals surface area (Å²) in [5.41, 5.74) is 4.76. The summed E-state index contributed by atoms with van der Waals surface area (Å²) in [6, 6.07) is 6.59. The number of hydrogen-bond acceptors (Lipinski definition) is 3. The van der Waals surface area contributed by atoms with Crippen molar-refractivity contribution in [1.82, 2.24) is 15.1 Å². The Labute approximate surface area is 130 Å². The fraction of sp³-hybridized carbons (Fsp3) is 0.438. The molecule has 1 aromatic carbocycles. The third kappa shape index (κ3) is 2.84. The van der Waals surface area contributed by atoms with Gasteiger partial charge in [0.25, 0.3) is 0 Å². The Morgan fingerprint density at radius 1 is 1.38 bits per heavy atom. The molecule has 0 aliphatic carbocycles. The Morgan fingerprint density at radius 3 is 2.90 bits per heavy atom. The topological polar surface area (TPSA) is 39.1 Å². The fourth-order valence-corrected chi connectivity index (χ4v) is 3.05. The largest absolute Gasteiger partial charge is 0.372 e. The molecule has 1 unspecified atom stereocenters. The lowest BCUT2D eigenvalue weighted by molar-refractivity contribution is 0.134. The van der Waals surface area contributed by atoms with Crippen molar-refractivity contribution in [3.8, 4) is 0 Å². The Hall–Kier alpha value is -1.36. The summed E-state index contributed by atoms with van der Waals surface area (Å²) in [5, 5.41) is 8.54. The van der Waals surface area contributed by atoms with E-state index >= 15 is 0 Å². The number of ether oxygens (including phenoxy) is 1. The van der Waals surface area contributed by atoms with Crippen LogP contribution in [0.15, 0.2) is 24.4 Å². The second-order valence-corrected chi connectivity index (χ2v) is 5.82. The van der Waals surface area contributed by atoms with Crippen LogP contribution < -0.4 is 5.32 Å². The third-order valence-electron chi connectivity index (χ3n) is 3.89. The SMILES string of the molecule is CCCNC(c1ccc2c(c1)COC2)c1c(Cl)cnn1C.